The van der Waals surface area contributed by atoms with E-state index in [2.05, 4.69) is 31.6 Å². The van der Waals surface area contributed by atoms with Crippen molar-refractivity contribution in [2.75, 3.05) is 6.54 Å². The van der Waals surface area contributed by atoms with Crippen molar-refractivity contribution in [3.8, 4) is 0 Å². The highest BCUT2D eigenvalue weighted by Gasteiger charge is 2.10. The molecule has 1 aromatic carbocycles. The molecule has 4 nitrogen and oxygen atoms in total. The summed E-state index contributed by atoms with van der Waals surface area (Å²) in [6, 6.07) is 4.91. The third-order valence-electron chi connectivity index (χ3n) is 2.69. The van der Waals surface area contributed by atoms with Crippen LogP contribution in [0.25, 0.3) is 0 Å². The van der Waals surface area contributed by atoms with Crippen LogP contribution in [0.4, 0.5) is 4.39 Å². The van der Waals surface area contributed by atoms with Crippen molar-refractivity contribution in [3.63, 3.8) is 0 Å². The number of nitrogens with zero attached hydrogens (tertiary/aromatic N) is 3. The predicted octanol–water partition coefficient (Wildman–Crippen LogP) is 2.53. The van der Waals surface area contributed by atoms with Crippen molar-refractivity contribution < 1.29 is 4.39 Å². The molecule has 0 aliphatic carbocycles. The SMILES string of the molecule is CC(NCCn1ccnn1)c1cc(Br)ccc1F. The molecule has 0 fully saturated rings. The topological polar surface area (TPSA) is 42.7 Å². The van der Waals surface area contributed by atoms with Crippen LogP contribution in [0.1, 0.15) is 18.5 Å². The van der Waals surface area contributed by atoms with Crippen LogP contribution < -0.4 is 5.32 Å². The molecule has 0 aliphatic rings. The van der Waals surface area contributed by atoms with Gasteiger partial charge in [-0.05, 0) is 25.1 Å². The van der Waals surface area contributed by atoms with Crippen LogP contribution in [0.5, 0.6) is 0 Å². The zero-order chi connectivity index (χ0) is 13.0. The largest absolute Gasteiger partial charge is 0.308 e. The van der Waals surface area contributed by atoms with E-state index in [9.17, 15) is 4.39 Å². The number of halogens is 2. The monoisotopic (exact) mass is 312 g/mol. The van der Waals surface area contributed by atoms with Crippen LogP contribution in [-0.2, 0) is 6.54 Å². The molecule has 2 aromatic rings. The highest BCUT2D eigenvalue weighted by atomic mass is 79.9. The second-order valence-corrected chi connectivity index (χ2v) is 4.92. The lowest BCUT2D eigenvalue weighted by molar-refractivity contribution is 0.483. The molecule has 1 heterocycles. The summed E-state index contributed by atoms with van der Waals surface area (Å²) in [5, 5.41) is 10.8. The molecule has 1 atom stereocenters. The maximum Gasteiger partial charge on any atom is 0.128 e. The summed E-state index contributed by atoms with van der Waals surface area (Å²) in [5.74, 6) is -0.195. The standard InChI is InChI=1S/C12H14BrFN4/c1-9(11-8-10(13)2-3-12(11)14)15-4-6-18-7-5-16-17-18/h2-3,5,7-9,15H,4,6H2,1H3. The van der Waals surface area contributed by atoms with E-state index in [1.165, 1.54) is 6.07 Å². The molecule has 0 saturated heterocycles. The highest BCUT2D eigenvalue weighted by molar-refractivity contribution is 9.10. The van der Waals surface area contributed by atoms with Crippen molar-refractivity contribution in [2.24, 2.45) is 0 Å². The van der Waals surface area contributed by atoms with E-state index >= 15 is 0 Å². The number of aromatic nitrogens is 3. The fourth-order valence-corrected chi connectivity index (χ4v) is 2.08. The summed E-state index contributed by atoms with van der Waals surface area (Å²) < 4.78 is 16.2. The van der Waals surface area contributed by atoms with Gasteiger partial charge >= 0.3 is 0 Å². The van der Waals surface area contributed by atoms with Gasteiger partial charge in [0, 0.05) is 28.8 Å². The van der Waals surface area contributed by atoms with Crippen LogP contribution in [0, 0.1) is 5.82 Å². The van der Waals surface area contributed by atoms with E-state index in [1.807, 2.05) is 6.92 Å². The molecule has 0 aliphatic heterocycles. The highest BCUT2D eigenvalue weighted by Crippen LogP contribution is 2.21. The third-order valence-corrected chi connectivity index (χ3v) is 3.18. The van der Waals surface area contributed by atoms with Crippen LogP contribution >= 0.6 is 15.9 Å². The van der Waals surface area contributed by atoms with Crippen molar-refractivity contribution >= 4 is 15.9 Å². The Morgan fingerprint density at radius 3 is 3.06 bits per heavy atom. The Labute approximate surface area is 113 Å². The Kier molecular flexibility index (Phi) is 4.43. The molecule has 1 unspecified atom stereocenters. The van der Waals surface area contributed by atoms with Gasteiger partial charge in [0.05, 0.1) is 12.7 Å². The molecular weight excluding hydrogens is 299 g/mol. The molecule has 0 saturated carbocycles. The van der Waals surface area contributed by atoms with Gasteiger partial charge in [0.2, 0.25) is 0 Å². The molecule has 0 bridgehead atoms. The second kappa shape index (κ2) is 6.06. The summed E-state index contributed by atoms with van der Waals surface area (Å²) in [4.78, 5) is 0. The first-order chi connectivity index (χ1) is 8.66. The molecule has 6 heteroatoms. The van der Waals surface area contributed by atoms with Crippen molar-refractivity contribution in [1.29, 1.82) is 0 Å². The summed E-state index contributed by atoms with van der Waals surface area (Å²) in [5.41, 5.74) is 0.656. The van der Waals surface area contributed by atoms with Crippen molar-refractivity contribution in [1.82, 2.24) is 20.3 Å². The summed E-state index contributed by atoms with van der Waals surface area (Å²) in [6.07, 6.45) is 3.43. The molecule has 0 radical (unpaired) electrons. The number of hydrogen-bond donors (Lipinski definition) is 1. The number of hydrogen-bond acceptors (Lipinski definition) is 3. The summed E-state index contributed by atoms with van der Waals surface area (Å²) in [7, 11) is 0. The van der Waals surface area contributed by atoms with Gasteiger partial charge in [0.1, 0.15) is 5.82 Å². The van der Waals surface area contributed by atoms with E-state index in [0.717, 1.165) is 4.47 Å². The van der Waals surface area contributed by atoms with E-state index in [4.69, 9.17) is 0 Å². The smallest absolute Gasteiger partial charge is 0.128 e. The minimum absolute atomic E-state index is 0.0500. The van der Waals surface area contributed by atoms with Crippen molar-refractivity contribution in [2.45, 2.75) is 19.5 Å². The van der Waals surface area contributed by atoms with E-state index < -0.39 is 0 Å². The van der Waals surface area contributed by atoms with Gasteiger partial charge in [-0.3, -0.25) is 4.68 Å². The van der Waals surface area contributed by atoms with Crippen LogP contribution in [0.3, 0.4) is 0 Å². The first-order valence-corrected chi connectivity index (χ1v) is 6.48. The second-order valence-electron chi connectivity index (χ2n) is 4.01. The molecule has 18 heavy (non-hydrogen) atoms. The van der Waals surface area contributed by atoms with Crippen LogP contribution in [0.2, 0.25) is 0 Å². The Morgan fingerprint density at radius 1 is 1.50 bits per heavy atom. The van der Waals surface area contributed by atoms with Crippen LogP contribution in [0.15, 0.2) is 35.1 Å². The molecule has 2 rings (SSSR count). The van der Waals surface area contributed by atoms with Gasteiger partial charge < -0.3 is 5.32 Å². The fraction of sp³-hybridized carbons (Fsp3) is 0.333. The van der Waals surface area contributed by atoms with Crippen LogP contribution in [-0.4, -0.2) is 21.5 Å². The quantitative estimate of drug-likeness (QED) is 0.922. The average molecular weight is 313 g/mol. The Hall–Kier alpha value is -1.27. The summed E-state index contributed by atoms with van der Waals surface area (Å²) in [6.45, 7) is 3.35. The Bertz CT molecular complexity index is 501. The van der Waals surface area contributed by atoms with Gasteiger partial charge in [-0.25, -0.2) is 4.39 Å². The first kappa shape index (κ1) is 13.2. The van der Waals surface area contributed by atoms with Gasteiger partial charge in [-0.1, -0.05) is 21.1 Å². The predicted molar refractivity (Wildman–Crippen MR) is 70.5 cm³/mol. The zero-order valence-corrected chi connectivity index (χ0v) is 11.6. The first-order valence-electron chi connectivity index (χ1n) is 5.69. The minimum atomic E-state index is -0.195. The summed E-state index contributed by atoms with van der Waals surface area (Å²) >= 11 is 3.35. The van der Waals surface area contributed by atoms with Gasteiger partial charge in [-0.2, -0.15) is 0 Å². The van der Waals surface area contributed by atoms with E-state index in [1.54, 1.807) is 29.2 Å². The molecular formula is C12H14BrFN4. The van der Waals surface area contributed by atoms with E-state index in [-0.39, 0.29) is 11.9 Å². The number of nitrogens with one attached hydrogen (secondary N) is 1. The molecule has 0 amide bonds. The third kappa shape index (κ3) is 3.36. The van der Waals surface area contributed by atoms with Gasteiger partial charge in [0.15, 0.2) is 0 Å². The Morgan fingerprint density at radius 2 is 2.33 bits per heavy atom. The Balaban J connectivity index is 1.91. The lowest BCUT2D eigenvalue weighted by Crippen LogP contribution is -2.24. The lowest BCUT2D eigenvalue weighted by Gasteiger charge is -2.15. The molecule has 1 aromatic heterocycles. The molecule has 96 valence electrons. The lowest BCUT2D eigenvalue weighted by atomic mass is 10.1. The van der Waals surface area contributed by atoms with Crippen molar-refractivity contribution in [3.05, 3.63) is 46.4 Å². The van der Waals surface area contributed by atoms with Gasteiger partial charge in [-0.15, -0.1) is 5.10 Å². The molecule has 1 N–H and O–H groups in total. The maximum atomic E-state index is 13.6. The number of rotatable bonds is 5. The fourth-order valence-electron chi connectivity index (χ4n) is 1.70. The maximum absolute atomic E-state index is 13.6. The number of benzene rings is 1. The molecule has 0 spiro atoms. The zero-order valence-electron chi connectivity index (χ0n) is 9.98. The van der Waals surface area contributed by atoms with E-state index in [0.29, 0.717) is 18.7 Å². The normalized spacial score (nSPS) is 12.6. The average Bonchev–Trinajstić information content (AvgIpc) is 2.85. The minimum Gasteiger partial charge on any atom is -0.308 e. The van der Waals surface area contributed by atoms with Gasteiger partial charge in [0.25, 0.3) is 0 Å².